The fourth-order valence-corrected chi connectivity index (χ4v) is 2.17. The summed E-state index contributed by atoms with van der Waals surface area (Å²) in [5, 5.41) is 0. The van der Waals surface area contributed by atoms with Crippen molar-refractivity contribution in [3.8, 4) is 0 Å². The van der Waals surface area contributed by atoms with Crippen LogP contribution in [0.4, 0.5) is 5.69 Å². The highest BCUT2D eigenvalue weighted by Crippen LogP contribution is 2.16. The predicted molar refractivity (Wildman–Crippen MR) is 73.6 cm³/mol. The van der Waals surface area contributed by atoms with Crippen LogP contribution in [0.25, 0.3) is 5.52 Å². The van der Waals surface area contributed by atoms with E-state index in [0.29, 0.717) is 0 Å². The minimum Gasteiger partial charge on any atom is -0.398 e. The minimum atomic E-state index is 0.756. The second-order valence-electron chi connectivity index (χ2n) is 4.53. The Balaban J connectivity index is 2.05. The minimum absolute atomic E-state index is 0.756. The van der Waals surface area contributed by atoms with Gasteiger partial charge < -0.3 is 10.1 Å². The predicted octanol–water partition coefficient (Wildman–Crippen LogP) is 2.82. The molecule has 0 saturated heterocycles. The van der Waals surface area contributed by atoms with Crippen LogP contribution >= 0.6 is 0 Å². The third-order valence-electron chi connectivity index (χ3n) is 3.24. The van der Waals surface area contributed by atoms with Crippen molar-refractivity contribution in [2.75, 3.05) is 5.73 Å². The van der Waals surface area contributed by atoms with Crippen molar-refractivity contribution in [2.24, 2.45) is 0 Å². The quantitative estimate of drug-likeness (QED) is 0.744. The number of aryl methyl sites for hydroxylation is 1. The number of rotatable bonds is 2. The molecule has 3 nitrogen and oxygen atoms in total. The van der Waals surface area contributed by atoms with Crippen LogP contribution < -0.4 is 5.73 Å². The molecule has 2 N–H and O–H groups in total. The molecule has 0 aliphatic rings. The molecular weight excluding hydrogens is 222 g/mol. The molecule has 0 atom stereocenters. The van der Waals surface area contributed by atoms with Crippen LogP contribution in [0, 0.1) is 6.92 Å². The van der Waals surface area contributed by atoms with Crippen LogP contribution in [0.5, 0.6) is 0 Å². The second kappa shape index (κ2) is 4.18. The Morgan fingerprint density at radius 1 is 1.17 bits per heavy atom. The standard InChI is InChI=1S/C15H15N3/c1-11-4-2-3-5-12(11)8-15-17-9-14-7-6-13(16)10-18(14)15/h2-7,9-10H,8,16H2,1H3. The average Bonchev–Trinajstić information content (AvgIpc) is 2.75. The number of aromatic nitrogens is 2. The molecule has 2 heterocycles. The second-order valence-corrected chi connectivity index (χ2v) is 4.53. The summed E-state index contributed by atoms with van der Waals surface area (Å²) in [4.78, 5) is 4.48. The van der Waals surface area contributed by atoms with Crippen molar-refractivity contribution >= 4 is 11.2 Å². The van der Waals surface area contributed by atoms with Crippen LogP contribution in [0.2, 0.25) is 0 Å². The molecule has 0 unspecified atom stereocenters. The van der Waals surface area contributed by atoms with Gasteiger partial charge in [-0.15, -0.1) is 0 Å². The lowest BCUT2D eigenvalue weighted by Gasteiger charge is -2.05. The lowest BCUT2D eigenvalue weighted by atomic mass is 10.1. The zero-order valence-corrected chi connectivity index (χ0v) is 10.3. The number of nitrogens with two attached hydrogens (primary N) is 1. The van der Waals surface area contributed by atoms with Gasteiger partial charge in [-0.25, -0.2) is 4.98 Å². The van der Waals surface area contributed by atoms with Gasteiger partial charge >= 0.3 is 0 Å². The summed E-state index contributed by atoms with van der Waals surface area (Å²) in [6.07, 6.45) is 4.63. The number of fused-ring (bicyclic) bond motifs is 1. The smallest absolute Gasteiger partial charge is 0.117 e. The van der Waals surface area contributed by atoms with E-state index in [1.807, 2.05) is 24.5 Å². The zero-order chi connectivity index (χ0) is 12.5. The molecule has 0 aliphatic heterocycles. The zero-order valence-electron chi connectivity index (χ0n) is 10.3. The van der Waals surface area contributed by atoms with E-state index < -0.39 is 0 Å². The Kier molecular flexibility index (Phi) is 2.52. The number of nitrogen functional groups attached to an aromatic ring is 1. The Labute approximate surface area is 106 Å². The third-order valence-corrected chi connectivity index (χ3v) is 3.24. The van der Waals surface area contributed by atoms with Gasteiger partial charge in [-0.3, -0.25) is 0 Å². The van der Waals surface area contributed by atoms with Crippen molar-refractivity contribution in [3.05, 3.63) is 65.7 Å². The van der Waals surface area contributed by atoms with E-state index in [-0.39, 0.29) is 0 Å². The van der Waals surface area contributed by atoms with Crippen molar-refractivity contribution in [1.29, 1.82) is 0 Å². The largest absolute Gasteiger partial charge is 0.398 e. The molecule has 0 amide bonds. The normalized spacial score (nSPS) is 10.9. The molecule has 3 aromatic rings. The monoisotopic (exact) mass is 237 g/mol. The first-order chi connectivity index (χ1) is 8.74. The van der Waals surface area contributed by atoms with E-state index in [0.717, 1.165) is 23.4 Å². The van der Waals surface area contributed by atoms with Crippen molar-refractivity contribution in [3.63, 3.8) is 0 Å². The van der Waals surface area contributed by atoms with Gasteiger partial charge in [0.25, 0.3) is 0 Å². The number of hydrogen-bond acceptors (Lipinski definition) is 2. The van der Waals surface area contributed by atoms with E-state index in [1.54, 1.807) is 0 Å². The molecule has 1 aromatic carbocycles. The van der Waals surface area contributed by atoms with Crippen molar-refractivity contribution in [1.82, 2.24) is 9.38 Å². The fraction of sp³-hybridized carbons (Fsp3) is 0.133. The number of benzene rings is 1. The summed E-state index contributed by atoms with van der Waals surface area (Å²) in [6, 6.07) is 12.3. The van der Waals surface area contributed by atoms with Crippen molar-refractivity contribution in [2.45, 2.75) is 13.3 Å². The van der Waals surface area contributed by atoms with Crippen LogP contribution in [-0.4, -0.2) is 9.38 Å². The molecule has 0 radical (unpaired) electrons. The van der Waals surface area contributed by atoms with E-state index >= 15 is 0 Å². The maximum atomic E-state index is 5.83. The van der Waals surface area contributed by atoms with Gasteiger partial charge in [0, 0.05) is 18.3 Å². The summed E-state index contributed by atoms with van der Waals surface area (Å²) in [5.41, 5.74) is 10.2. The number of pyridine rings is 1. The van der Waals surface area contributed by atoms with Crippen LogP contribution in [-0.2, 0) is 6.42 Å². The lowest BCUT2D eigenvalue weighted by Crippen LogP contribution is -1.99. The Bertz CT molecular complexity index is 698. The molecule has 0 fully saturated rings. The Morgan fingerprint density at radius 2 is 2.00 bits per heavy atom. The maximum absolute atomic E-state index is 5.83. The molecule has 18 heavy (non-hydrogen) atoms. The molecule has 0 bridgehead atoms. The van der Waals surface area contributed by atoms with Gasteiger partial charge in [0.05, 0.1) is 11.7 Å². The Morgan fingerprint density at radius 3 is 2.83 bits per heavy atom. The molecule has 0 spiro atoms. The Hall–Kier alpha value is -2.29. The first-order valence-electron chi connectivity index (χ1n) is 6.00. The van der Waals surface area contributed by atoms with Gasteiger partial charge in [0.15, 0.2) is 0 Å². The van der Waals surface area contributed by atoms with Crippen LogP contribution in [0.1, 0.15) is 17.0 Å². The topological polar surface area (TPSA) is 43.3 Å². The van der Waals surface area contributed by atoms with E-state index in [4.69, 9.17) is 5.73 Å². The highest BCUT2D eigenvalue weighted by atomic mass is 15.0. The third kappa shape index (κ3) is 1.84. The fourth-order valence-electron chi connectivity index (χ4n) is 2.17. The van der Waals surface area contributed by atoms with E-state index in [2.05, 4.69) is 40.6 Å². The number of anilines is 1. The number of hydrogen-bond donors (Lipinski definition) is 1. The maximum Gasteiger partial charge on any atom is 0.117 e. The van der Waals surface area contributed by atoms with Gasteiger partial charge in [0.2, 0.25) is 0 Å². The highest BCUT2D eigenvalue weighted by molar-refractivity contribution is 5.52. The van der Waals surface area contributed by atoms with Gasteiger partial charge in [0.1, 0.15) is 5.82 Å². The first kappa shape index (κ1) is 10.8. The molecule has 2 aromatic heterocycles. The summed E-state index contributed by atoms with van der Waals surface area (Å²) in [5.74, 6) is 1.02. The lowest BCUT2D eigenvalue weighted by molar-refractivity contribution is 0.956. The summed E-state index contributed by atoms with van der Waals surface area (Å²) >= 11 is 0. The summed E-state index contributed by atoms with van der Waals surface area (Å²) in [7, 11) is 0. The number of imidazole rings is 1. The van der Waals surface area contributed by atoms with Crippen molar-refractivity contribution < 1.29 is 0 Å². The first-order valence-corrected chi connectivity index (χ1v) is 6.00. The highest BCUT2D eigenvalue weighted by Gasteiger charge is 2.06. The molecule has 90 valence electrons. The SMILES string of the molecule is Cc1ccccc1Cc1ncc2ccc(N)cn12. The van der Waals surface area contributed by atoms with Gasteiger partial charge in [-0.2, -0.15) is 0 Å². The molecule has 3 heteroatoms. The summed E-state index contributed by atoms with van der Waals surface area (Å²) < 4.78 is 2.06. The van der Waals surface area contributed by atoms with E-state index in [9.17, 15) is 0 Å². The molecule has 0 aliphatic carbocycles. The van der Waals surface area contributed by atoms with Gasteiger partial charge in [-0.05, 0) is 30.2 Å². The molecule has 3 rings (SSSR count). The average molecular weight is 237 g/mol. The number of nitrogens with zero attached hydrogens (tertiary/aromatic N) is 2. The molecular formula is C15H15N3. The molecule has 0 saturated carbocycles. The van der Waals surface area contributed by atoms with Gasteiger partial charge in [-0.1, -0.05) is 24.3 Å². The van der Waals surface area contributed by atoms with Crippen LogP contribution in [0.3, 0.4) is 0 Å². The van der Waals surface area contributed by atoms with Crippen LogP contribution in [0.15, 0.2) is 48.8 Å². The van der Waals surface area contributed by atoms with E-state index in [1.165, 1.54) is 11.1 Å². The summed E-state index contributed by atoms with van der Waals surface area (Å²) in [6.45, 7) is 2.12.